The Kier molecular flexibility index (Phi) is 3.87. The Morgan fingerprint density at radius 1 is 1.33 bits per heavy atom. The zero-order valence-electron chi connectivity index (χ0n) is 11.0. The standard InChI is InChI=1S/C14H20N2O2/c1-3-11-4-6-12(7-5-11)16-9-8-15(2)13(10-16)14(17)18/h4-7,13H,3,8-10H2,1-2H3,(H,17,18). The highest BCUT2D eigenvalue weighted by Gasteiger charge is 2.29. The summed E-state index contributed by atoms with van der Waals surface area (Å²) in [6, 6.07) is 7.99. The molecule has 1 aromatic rings. The molecule has 18 heavy (non-hydrogen) atoms. The van der Waals surface area contributed by atoms with Crippen molar-refractivity contribution in [2.24, 2.45) is 0 Å². The van der Waals surface area contributed by atoms with Gasteiger partial charge >= 0.3 is 5.97 Å². The number of anilines is 1. The number of benzene rings is 1. The van der Waals surface area contributed by atoms with Crippen LogP contribution in [0.25, 0.3) is 0 Å². The quantitative estimate of drug-likeness (QED) is 0.879. The minimum absolute atomic E-state index is 0.412. The highest BCUT2D eigenvalue weighted by atomic mass is 16.4. The van der Waals surface area contributed by atoms with E-state index in [1.807, 2.05) is 11.9 Å². The SMILES string of the molecule is CCc1ccc(N2CCN(C)C(C(=O)O)C2)cc1. The fraction of sp³-hybridized carbons (Fsp3) is 0.500. The van der Waals surface area contributed by atoms with Crippen LogP contribution >= 0.6 is 0 Å². The molecule has 1 aromatic carbocycles. The second kappa shape index (κ2) is 5.40. The first-order chi connectivity index (χ1) is 8.61. The van der Waals surface area contributed by atoms with Crippen molar-refractivity contribution >= 4 is 11.7 Å². The predicted molar refractivity (Wildman–Crippen MR) is 72.1 cm³/mol. The highest BCUT2D eigenvalue weighted by molar-refractivity contribution is 5.75. The van der Waals surface area contributed by atoms with Gasteiger partial charge in [-0.1, -0.05) is 19.1 Å². The summed E-state index contributed by atoms with van der Waals surface area (Å²) in [5.41, 5.74) is 2.43. The van der Waals surface area contributed by atoms with Gasteiger partial charge in [0, 0.05) is 25.3 Å². The Morgan fingerprint density at radius 3 is 2.56 bits per heavy atom. The fourth-order valence-corrected chi connectivity index (χ4v) is 2.32. The summed E-state index contributed by atoms with van der Waals surface area (Å²) in [5, 5.41) is 9.19. The van der Waals surface area contributed by atoms with E-state index < -0.39 is 12.0 Å². The molecule has 2 rings (SSSR count). The molecule has 1 aliphatic rings. The van der Waals surface area contributed by atoms with E-state index in [0.717, 1.165) is 25.2 Å². The van der Waals surface area contributed by atoms with Gasteiger partial charge in [-0.25, -0.2) is 0 Å². The first kappa shape index (κ1) is 12.9. The van der Waals surface area contributed by atoms with Gasteiger partial charge < -0.3 is 10.0 Å². The van der Waals surface area contributed by atoms with Crippen LogP contribution in [-0.2, 0) is 11.2 Å². The number of carboxylic acids is 1. The number of carboxylic acid groups (broad SMARTS) is 1. The van der Waals surface area contributed by atoms with Gasteiger partial charge in [-0.2, -0.15) is 0 Å². The molecular weight excluding hydrogens is 228 g/mol. The number of carbonyl (C=O) groups is 1. The molecule has 0 bridgehead atoms. The van der Waals surface area contributed by atoms with E-state index in [-0.39, 0.29) is 0 Å². The third kappa shape index (κ3) is 2.64. The number of hydrogen-bond acceptors (Lipinski definition) is 3. The van der Waals surface area contributed by atoms with Crippen LogP contribution in [0.2, 0.25) is 0 Å². The van der Waals surface area contributed by atoms with Crippen molar-refractivity contribution in [3.05, 3.63) is 29.8 Å². The summed E-state index contributed by atoms with van der Waals surface area (Å²) in [6.45, 7) is 4.35. The summed E-state index contributed by atoms with van der Waals surface area (Å²) in [4.78, 5) is 15.2. The normalized spacial score (nSPS) is 21.0. The second-order valence-electron chi connectivity index (χ2n) is 4.80. The molecular formula is C14H20N2O2. The Bertz CT molecular complexity index is 416. The van der Waals surface area contributed by atoms with Crippen LogP contribution < -0.4 is 4.90 Å². The smallest absolute Gasteiger partial charge is 0.322 e. The van der Waals surface area contributed by atoms with Gasteiger partial charge in [-0.05, 0) is 31.2 Å². The molecule has 0 spiro atoms. The Balaban J connectivity index is 2.11. The van der Waals surface area contributed by atoms with E-state index in [1.165, 1.54) is 5.56 Å². The molecule has 1 saturated heterocycles. The van der Waals surface area contributed by atoms with Crippen molar-refractivity contribution in [2.75, 3.05) is 31.6 Å². The first-order valence-corrected chi connectivity index (χ1v) is 6.38. The summed E-state index contributed by atoms with van der Waals surface area (Å²) in [5.74, 6) is -0.743. The topological polar surface area (TPSA) is 43.8 Å². The minimum Gasteiger partial charge on any atom is -0.480 e. The lowest BCUT2D eigenvalue weighted by atomic mass is 10.1. The van der Waals surface area contributed by atoms with Crippen molar-refractivity contribution in [1.29, 1.82) is 0 Å². The third-order valence-corrected chi connectivity index (χ3v) is 3.64. The molecule has 4 heteroatoms. The van der Waals surface area contributed by atoms with Crippen molar-refractivity contribution in [2.45, 2.75) is 19.4 Å². The maximum Gasteiger partial charge on any atom is 0.322 e. The first-order valence-electron chi connectivity index (χ1n) is 6.38. The number of rotatable bonds is 3. The molecule has 0 aliphatic carbocycles. The summed E-state index contributed by atoms with van der Waals surface area (Å²) in [7, 11) is 1.87. The van der Waals surface area contributed by atoms with Crippen molar-refractivity contribution < 1.29 is 9.90 Å². The largest absolute Gasteiger partial charge is 0.480 e. The van der Waals surface area contributed by atoms with Crippen molar-refractivity contribution in [3.8, 4) is 0 Å². The Morgan fingerprint density at radius 2 is 2.00 bits per heavy atom. The van der Waals surface area contributed by atoms with Crippen LogP contribution in [0.15, 0.2) is 24.3 Å². The number of nitrogens with zero attached hydrogens (tertiary/aromatic N) is 2. The van der Waals surface area contributed by atoms with E-state index in [4.69, 9.17) is 0 Å². The van der Waals surface area contributed by atoms with Crippen molar-refractivity contribution in [3.63, 3.8) is 0 Å². The van der Waals surface area contributed by atoms with Gasteiger partial charge in [0.05, 0.1) is 0 Å². The lowest BCUT2D eigenvalue weighted by molar-refractivity contribution is -0.142. The monoisotopic (exact) mass is 248 g/mol. The molecule has 4 nitrogen and oxygen atoms in total. The van der Waals surface area contributed by atoms with Crippen molar-refractivity contribution in [1.82, 2.24) is 4.90 Å². The Labute approximate surface area is 108 Å². The van der Waals surface area contributed by atoms with Gasteiger partial charge in [0.2, 0.25) is 0 Å². The Hall–Kier alpha value is -1.55. The zero-order chi connectivity index (χ0) is 13.1. The van der Waals surface area contributed by atoms with Crippen LogP contribution in [0.4, 0.5) is 5.69 Å². The molecule has 0 aromatic heterocycles. The van der Waals surface area contributed by atoms with Crippen LogP contribution in [-0.4, -0.2) is 48.7 Å². The molecule has 1 heterocycles. The van der Waals surface area contributed by atoms with E-state index in [1.54, 1.807) is 0 Å². The predicted octanol–water partition coefficient (Wildman–Crippen LogP) is 1.45. The number of aryl methyl sites for hydroxylation is 1. The molecule has 98 valence electrons. The molecule has 0 radical (unpaired) electrons. The number of piperazine rings is 1. The van der Waals surface area contributed by atoms with Gasteiger partial charge in [0.15, 0.2) is 0 Å². The van der Waals surface area contributed by atoms with Crippen LogP contribution in [0.1, 0.15) is 12.5 Å². The van der Waals surface area contributed by atoms with Gasteiger partial charge in [0.25, 0.3) is 0 Å². The average molecular weight is 248 g/mol. The molecule has 0 amide bonds. The van der Waals surface area contributed by atoms with Crippen LogP contribution in [0.3, 0.4) is 0 Å². The number of likely N-dealkylation sites (N-methyl/N-ethyl adjacent to an activating group) is 1. The highest BCUT2D eigenvalue weighted by Crippen LogP contribution is 2.19. The lowest BCUT2D eigenvalue weighted by Gasteiger charge is -2.38. The number of hydrogen-bond donors (Lipinski definition) is 1. The van der Waals surface area contributed by atoms with E-state index >= 15 is 0 Å². The van der Waals surface area contributed by atoms with Gasteiger partial charge in [0.1, 0.15) is 6.04 Å². The number of aliphatic carboxylic acids is 1. The molecule has 0 saturated carbocycles. The van der Waals surface area contributed by atoms with Crippen LogP contribution in [0, 0.1) is 0 Å². The minimum atomic E-state index is -0.743. The average Bonchev–Trinajstić information content (AvgIpc) is 2.39. The second-order valence-corrected chi connectivity index (χ2v) is 4.80. The molecule has 1 atom stereocenters. The summed E-state index contributed by atoms with van der Waals surface area (Å²) < 4.78 is 0. The molecule has 1 aliphatic heterocycles. The van der Waals surface area contributed by atoms with E-state index in [9.17, 15) is 9.90 Å². The summed E-state index contributed by atoms with van der Waals surface area (Å²) >= 11 is 0. The molecule has 1 N–H and O–H groups in total. The van der Waals surface area contributed by atoms with Gasteiger partial charge in [-0.3, -0.25) is 9.69 Å². The van der Waals surface area contributed by atoms with Crippen LogP contribution in [0.5, 0.6) is 0 Å². The van der Waals surface area contributed by atoms with E-state index in [0.29, 0.717) is 6.54 Å². The molecule has 1 fully saturated rings. The summed E-state index contributed by atoms with van der Waals surface area (Å²) in [6.07, 6.45) is 1.03. The maximum absolute atomic E-state index is 11.2. The fourth-order valence-electron chi connectivity index (χ4n) is 2.32. The third-order valence-electron chi connectivity index (χ3n) is 3.64. The van der Waals surface area contributed by atoms with Gasteiger partial charge in [-0.15, -0.1) is 0 Å². The maximum atomic E-state index is 11.2. The zero-order valence-corrected chi connectivity index (χ0v) is 11.0. The van der Waals surface area contributed by atoms with E-state index in [2.05, 4.69) is 36.1 Å². The molecule has 1 unspecified atom stereocenters. The lowest BCUT2D eigenvalue weighted by Crippen LogP contribution is -2.54.